The maximum Gasteiger partial charge on any atom is 0.419 e. The first kappa shape index (κ1) is 19.3. The van der Waals surface area contributed by atoms with E-state index in [1.807, 2.05) is 0 Å². The minimum absolute atomic E-state index is 0.0595. The fourth-order valence-electron chi connectivity index (χ4n) is 3.20. The summed E-state index contributed by atoms with van der Waals surface area (Å²) in [5, 5.41) is 0. The molecule has 0 radical (unpaired) electrons. The Balaban J connectivity index is 1.60. The maximum absolute atomic E-state index is 12.4. The Kier molecular flexibility index (Phi) is 5.94. The van der Waals surface area contributed by atoms with Crippen molar-refractivity contribution in [2.45, 2.75) is 45.2 Å². The van der Waals surface area contributed by atoms with Crippen molar-refractivity contribution >= 4 is 45.0 Å². The number of benzene rings is 1. The summed E-state index contributed by atoms with van der Waals surface area (Å²) in [6.07, 6.45) is 3.38. The molecule has 3 rings (SSSR count). The van der Waals surface area contributed by atoms with Crippen molar-refractivity contribution in [2.24, 2.45) is 7.05 Å². The van der Waals surface area contributed by atoms with Gasteiger partial charge in [0.05, 0.1) is 11.3 Å². The smallest absolute Gasteiger partial charge is 0.408 e. The van der Waals surface area contributed by atoms with E-state index < -0.39 is 5.76 Å². The molecule has 0 bridgehead atoms. The number of oxazole rings is 1. The van der Waals surface area contributed by atoms with E-state index >= 15 is 0 Å². The molecular weight excluding hydrogens is 372 g/mol. The highest BCUT2D eigenvalue weighted by Crippen LogP contribution is 2.32. The van der Waals surface area contributed by atoms with Gasteiger partial charge >= 0.3 is 5.76 Å². The van der Waals surface area contributed by atoms with E-state index in [2.05, 4.69) is 18.2 Å². The Morgan fingerprint density at radius 2 is 1.92 bits per heavy atom. The summed E-state index contributed by atoms with van der Waals surface area (Å²) >= 11 is 2.26. The summed E-state index contributed by atoms with van der Waals surface area (Å²) in [5.41, 5.74) is 1.49. The second kappa shape index (κ2) is 8.02. The first-order valence-corrected chi connectivity index (χ1v) is 10.4. The molecule has 0 spiro atoms. The number of ketones is 1. The Bertz CT molecular complexity index is 879. The number of fused-ring (bicyclic) bond motifs is 1. The molecule has 8 heteroatoms. The molecule has 0 saturated carbocycles. The number of piperidine rings is 1. The number of nitrogens with zero attached hydrogens (tertiary/aromatic N) is 2. The molecule has 1 aromatic heterocycles. The van der Waals surface area contributed by atoms with Gasteiger partial charge in [0.15, 0.2) is 11.4 Å². The fraction of sp³-hybridized carbons (Fsp3) is 0.500. The van der Waals surface area contributed by atoms with Crippen molar-refractivity contribution < 1.29 is 14.0 Å². The van der Waals surface area contributed by atoms with Crippen LogP contribution in [0.2, 0.25) is 0 Å². The molecule has 26 heavy (non-hydrogen) atoms. The highest BCUT2D eigenvalue weighted by Gasteiger charge is 2.27. The number of carbonyl (C=O) groups excluding carboxylic acids is 2. The fourth-order valence-corrected chi connectivity index (χ4v) is 5.00. The summed E-state index contributed by atoms with van der Waals surface area (Å²) in [7, 11) is 1.60. The second-order valence-electron chi connectivity index (χ2n) is 6.65. The Morgan fingerprint density at radius 3 is 2.62 bits per heavy atom. The van der Waals surface area contributed by atoms with Gasteiger partial charge in [-0.3, -0.25) is 14.2 Å². The van der Waals surface area contributed by atoms with E-state index in [4.69, 9.17) is 4.42 Å². The van der Waals surface area contributed by atoms with Gasteiger partial charge in [0.2, 0.25) is 0 Å². The van der Waals surface area contributed by atoms with Crippen LogP contribution in [0.1, 0.15) is 43.5 Å². The van der Waals surface area contributed by atoms with Crippen molar-refractivity contribution in [3.63, 3.8) is 0 Å². The summed E-state index contributed by atoms with van der Waals surface area (Å²) in [4.78, 5) is 36.2. The highest BCUT2D eigenvalue weighted by molar-refractivity contribution is 8.37. The van der Waals surface area contributed by atoms with Crippen molar-refractivity contribution in [1.82, 2.24) is 8.87 Å². The molecule has 2 unspecified atom stereocenters. The van der Waals surface area contributed by atoms with Crippen LogP contribution in [0, 0.1) is 0 Å². The number of aromatic nitrogens is 1. The standard InChI is InChI=1S/C18H22N2O4S2/c1-11-5-4-6-12(2)20(11)26-18(23)25-10-15(21)13-7-8-16-14(9-13)19(3)17(22)24-16/h7-9,11-12H,4-6,10H2,1-3H3. The third kappa shape index (κ3) is 4.07. The van der Waals surface area contributed by atoms with Crippen LogP contribution >= 0.6 is 23.7 Å². The lowest BCUT2D eigenvalue weighted by molar-refractivity contribution is 0.102. The van der Waals surface area contributed by atoms with Crippen LogP contribution in [0.15, 0.2) is 27.4 Å². The normalized spacial score (nSPS) is 21.2. The van der Waals surface area contributed by atoms with Crippen molar-refractivity contribution in [3.8, 4) is 0 Å². The van der Waals surface area contributed by atoms with E-state index in [1.165, 1.54) is 22.9 Å². The molecule has 1 aromatic carbocycles. The maximum atomic E-state index is 12.4. The largest absolute Gasteiger partial charge is 0.419 e. The zero-order valence-electron chi connectivity index (χ0n) is 15.1. The molecule has 1 saturated heterocycles. The number of Topliss-reactive ketones (excluding diaryl/α,β-unsaturated/α-hetero) is 1. The zero-order chi connectivity index (χ0) is 18.8. The van der Waals surface area contributed by atoms with Crippen molar-refractivity contribution in [2.75, 3.05) is 5.75 Å². The monoisotopic (exact) mass is 394 g/mol. The van der Waals surface area contributed by atoms with E-state index in [0.29, 0.717) is 28.7 Å². The van der Waals surface area contributed by atoms with Crippen LogP contribution in [0.25, 0.3) is 11.1 Å². The van der Waals surface area contributed by atoms with Crippen LogP contribution in [-0.4, -0.2) is 36.9 Å². The zero-order valence-corrected chi connectivity index (χ0v) is 16.7. The molecule has 140 valence electrons. The summed E-state index contributed by atoms with van der Waals surface area (Å²) in [6.45, 7) is 4.27. The van der Waals surface area contributed by atoms with Crippen LogP contribution in [0.5, 0.6) is 0 Å². The lowest BCUT2D eigenvalue weighted by Gasteiger charge is -2.36. The van der Waals surface area contributed by atoms with Gasteiger partial charge in [-0.15, -0.1) is 0 Å². The SMILES string of the molecule is CC1CCCC(C)N1SC(=O)SCC(=O)c1ccc2oc(=O)n(C)c2c1. The topological polar surface area (TPSA) is 72.5 Å². The quantitative estimate of drug-likeness (QED) is 0.571. The molecule has 1 aliphatic rings. The Hall–Kier alpha value is -1.51. The van der Waals surface area contributed by atoms with Crippen molar-refractivity contribution in [3.05, 3.63) is 34.3 Å². The minimum atomic E-state index is -0.463. The average molecular weight is 395 g/mol. The van der Waals surface area contributed by atoms with Crippen molar-refractivity contribution in [1.29, 1.82) is 0 Å². The van der Waals surface area contributed by atoms with Gasteiger partial charge in [-0.25, -0.2) is 9.10 Å². The molecule has 1 fully saturated rings. The molecule has 1 aliphatic heterocycles. The number of hydrogen-bond acceptors (Lipinski definition) is 7. The third-order valence-electron chi connectivity index (χ3n) is 4.73. The predicted molar refractivity (Wildman–Crippen MR) is 106 cm³/mol. The summed E-state index contributed by atoms with van der Waals surface area (Å²) < 4.78 is 8.51. The number of rotatable bonds is 4. The molecular formula is C18H22N2O4S2. The van der Waals surface area contributed by atoms with Gasteiger partial charge in [0.25, 0.3) is 4.45 Å². The van der Waals surface area contributed by atoms with Crippen LogP contribution in [-0.2, 0) is 7.05 Å². The van der Waals surface area contributed by atoms with E-state index in [-0.39, 0.29) is 16.0 Å². The number of hydrogen-bond donors (Lipinski definition) is 0. The minimum Gasteiger partial charge on any atom is -0.408 e. The van der Waals surface area contributed by atoms with E-state index in [1.54, 1.807) is 25.2 Å². The van der Waals surface area contributed by atoms with Gasteiger partial charge in [0.1, 0.15) is 0 Å². The van der Waals surface area contributed by atoms with Gasteiger partial charge < -0.3 is 4.42 Å². The summed E-state index contributed by atoms with van der Waals surface area (Å²) in [5.74, 6) is -0.519. The molecule has 0 amide bonds. The molecule has 6 nitrogen and oxygen atoms in total. The van der Waals surface area contributed by atoms with Crippen LogP contribution in [0.3, 0.4) is 0 Å². The van der Waals surface area contributed by atoms with Gasteiger partial charge in [0, 0.05) is 36.6 Å². The summed E-state index contributed by atoms with van der Waals surface area (Å²) in [6, 6.07) is 5.61. The van der Waals surface area contributed by atoms with Gasteiger partial charge in [-0.2, -0.15) is 0 Å². The third-order valence-corrected chi connectivity index (χ3v) is 7.03. The van der Waals surface area contributed by atoms with Crippen LogP contribution < -0.4 is 5.76 Å². The molecule has 0 N–H and O–H groups in total. The number of thioether (sulfide) groups is 1. The molecule has 2 aromatic rings. The highest BCUT2D eigenvalue weighted by atomic mass is 32.2. The average Bonchev–Trinajstić information content (AvgIpc) is 2.90. The first-order chi connectivity index (χ1) is 12.4. The predicted octanol–water partition coefficient (Wildman–Crippen LogP) is 4.08. The second-order valence-corrected chi connectivity index (χ2v) is 8.83. The van der Waals surface area contributed by atoms with E-state index in [0.717, 1.165) is 24.6 Å². The Labute approximate surface area is 160 Å². The van der Waals surface area contributed by atoms with Gasteiger partial charge in [-0.1, -0.05) is 18.2 Å². The first-order valence-electron chi connectivity index (χ1n) is 8.62. The van der Waals surface area contributed by atoms with Gasteiger partial charge in [-0.05, 0) is 44.9 Å². The number of carbonyl (C=O) groups is 2. The lowest BCUT2D eigenvalue weighted by atomic mass is 10.0. The van der Waals surface area contributed by atoms with E-state index in [9.17, 15) is 14.4 Å². The lowest BCUT2D eigenvalue weighted by Crippen LogP contribution is -2.39. The molecule has 2 heterocycles. The molecule has 0 aliphatic carbocycles. The van der Waals surface area contributed by atoms with Crippen LogP contribution in [0.4, 0.5) is 4.79 Å². The number of aryl methyl sites for hydroxylation is 1. The Morgan fingerprint density at radius 1 is 1.23 bits per heavy atom. The molecule has 2 atom stereocenters.